The van der Waals surface area contributed by atoms with Crippen molar-refractivity contribution >= 4 is 5.69 Å². The SMILES string of the molecule is CC(C)(CN)c1cc2c(c([N+](=O)[O-])c1)OCCO2. The fraction of sp³-hybridized carbons (Fsp3) is 0.500. The van der Waals surface area contributed by atoms with Crippen molar-refractivity contribution in [2.24, 2.45) is 5.73 Å². The molecule has 0 fully saturated rings. The lowest BCUT2D eigenvalue weighted by Crippen LogP contribution is -2.28. The smallest absolute Gasteiger partial charge is 0.315 e. The molecule has 2 N–H and O–H groups in total. The van der Waals surface area contributed by atoms with Crippen LogP contribution in [0.2, 0.25) is 0 Å². The highest BCUT2D eigenvalue weighted by atomic mass is 16.6. The van der Waals surface area contributed by atoms with Gasteiger partial charge in [-0.25, -0.2) is 0 Å². The van der Waals surface area contributed by atoms with Gasteiger partial charge in [-0.2, -0.15) is 0 Å². The zero-order valence-corrected chi connectivity index (χ0v) is 10.4. The van der Waals surface area contributed by atoms with Crippen LogP contribution in [-0.4, -0.2) is 24.7 Å². The van der Waals surface area contributed by atoms with E-state index in [4.69, 9.17) is 15.2 Å². The summed E-state index contributed by atoms with van der Waals surface area (Å²) in [4.78, 5) is 10.6. The van der Waals surface area contributed by atoms with E-state index in [1.54, 1.807) is 6.07 Å². The molecule has 0 saturated heterocycles. The highest BCUT2D eigenvalue weighted by Crippen LogP contribution is 2.42. The maximum Gasteiger partial charge on any atom is 0.315 e. The number of nitro groups is 1. The quantitative estimate of drug-likeness (QED) is 0.652. The zero-order chi connectivity index (χ0) is 13.3. The molecule has 1 heterocycles. The van der Waals surface area contributed by atoms with Gasteiger partial charge < -0.3 is 15.2 Å². The minimum atomic E-state index is -0.455. The van der Waals surface area contributed by atoms with Gasteiger partial charge in [0, 0.05) is 18.0 Å². The molecule has 1 aromatic carbocycles. The molecule has 0 unspecified atom stereocenters. The van der Waals surface area contributed by atoms with E-state index in [2.05, 4.69) is 0 Å². The Bertz CT molecular complexity index is 485. The predicted octanol–water partition coefficient (Wildman–Crippen LogP) is 1.60. The normalized spacial score (nSPS) is 14.4. The minimum Gasteiger partial charge on any atom is -0.486 e. The number of benzene rings is 1. The van der Waals surface area contributed by atoms with Gasteiger partial charge in [-0.15, -0.1) is 0 Å². The first-order chi connectivity index (χ1) is 8.45. The molecule has 0 aliphatic carbocycles. The Balaban J connectivity index is 2.58. The number of nitro benzene ring substituents is 1. The van der Waals surface area contributed by atoms with Crippen LogP contribution in [0.4, 0.5) is 5.69 Å². The molecular weight excluding hydrogens is 236 g/mol. The van der Waals surface area contributed by atoms with Crippen molar-refractivity contribution in [2.45, 2.75) is 19.3 Å². The lowest BCUT2D eigenvalue weighted by molar-refractivity contribution is -0.386. The number of hydrogen-bond donors (Lipinski definition) is 1. The van der Waals surface area contributed by atoms with Crippen LogP contribution in [-0.2, 0) is 5.41 Å². The van der Waals surface area contributed by atoms with Gasteiger partial charge in [0.2, 0.25) is 5.75 Å². The molecule has 0 spiro atoms. The number of nitrogens with two attached hydrogens (primary N) is 1. The van der Waals surface area contributed by atoms with Crippen molar-refractivity contribution in [1.29, 1.82) is 0 Å². The van der Waals surface area contributed by atoms with Gasteiger partial charge in [-0.05, 0) is 11.6 Å². The summed E-state index contributed by atoms with van der Waals surface area (Å²) in [6.45, 7) is 4.98. The van der Waals surface area contributed by atoms with Gasteiger partial charge in [0.05, 0.1) is 4.92 Å². The number of nitrogens with zero attached hydrogens (tertiary/aromatic N) is 1. The Hall–Kier alpha value is -1.82. The third-order valence-electron chi connectivity index (χ3n) is 3.11. The molecule has 0 radical (unpaired) electrons. The lowest BCUT2D eigenvalue weighted by Gasteiger charge is -2.25. The number of fused-ring (bicyclic) bond motifs is 1. The Labute approximate surface area is 105 Å². The van der Waals surface area contributed by atoms with Crippen LogP contribution in [0.5, 0.6) is 11.5 Å². The van der Waals surface area contributed by atoms with E-state index >= 15 is 0 Å². The maximum atomic E-state index is 11.1. The molecule has 1 aliphatic heterocycles. The summed E-state index contributed by atoms with van der Waals surface area (Å²) in [7, 11) is 0. The molecule has 6 heteroatoms. The van der Waals surface area contributed by atoms with E-state index in [0.29, 0.717) is 25.5 Å². The zero-order valence-electron chi connectivity index (χ0n) is 10.4. The fourth-order valence-electron chi connectivity index (χ4n) is 1.78. The molecule has 1 aromatic rings. The van der Waals surface area contributed by atoms with Crippen LogP contribution in [0.25, 0.3) is 0 Å². The third kappa shape index (κ3) is 2.11. The molecular formula is C12H16N2O4. The van der Waals surface area contributed by atoms with Crippen LogP contribution in [0.1, 0.15) is 19.4 Å². The Morgan fingerprint density at radius 1 is 1.39 bits per heavy atom. The van der Waals surface area contributed by atoms with Crippen molar-refractivity contribution in [3.05, 3.63) is 27.8 Å². The molecule has 0 atom stereocenters. The fourth-order valence-corrected chi connectivity index (χ4v) is 1.78. The average Bonchev–Trinajstić information content (AvgIpc) is 2.37. The molecule has 6 nitrogen and oxygen atoms in total. The third-order valence-corrected chi connectivity index (χ3v) is 3.11. The average molecular weight is 252 g/mol. The molecule has 0 bridgehead atoms. The van der Waals surface area contributed by atoms with Crippen molar-refractivity contribution in [2.75, 3.05) is 19.8 Å². The van der Waals surface area contributed by atoms with Gasteiger partial charge in [0.1, 0.15) is 13.2 Å². The predicted molar refractivity (Wildman–Crippen MR) is 66.2 cm³/mol. The molecule has 98 valence electrons. The van der Waals surface area contributed by atoms with Crippen molar-refractivity contribution < 1.29 is 14.4 Å². The first-order valence-corrected chi connectivity index (χ1v) is 5.74. The second-order valence-corrected chi connectivity index (χ2v) is 4.86. The van der Waals surface area contributed by atoms with Crippen LogP contribution in [0.3, 0.4) is 0 Å². The lowest BCUT2D eigenvalue weighted by atomic mass is 9.84. The monoisotopic (exact) mass is 252 g/mol. The summed E-state index contributed by atoms with van der Waals surface area (Å²) in [5, 5.41) is 11.1. The summed E-state index contributed by atoms with van der Waals surface area (Å²) in [6.07, 6.45) is 0. The van der Waals surface area contributed by atoms with Gasteiger partial charge in [-0.3, -0.25) is 10.1 Å². The number of hydrogen-bond acceptors (Lipinski definition) is 5. The van der Waals surface area contributed by atoms with E-state index in [9.17, 15) is 10.1 Å². The van der Waals surface area contributed by atoms with E-state index in [0.717, 1.165) is 5.56 Å². The van der Waals surface area contributed by atoms with E-state index < -0.39 is 4.92 Å². The molecule has 18 heavy (non-hydrogen) atoms. The first kappa shape index (κ1) is 12.6. The van der Waals surface area contributed by atoms with Crippen LogP contribution in [0, 0.1) is 10.1 Å². The van der Waals surface area contributed by atoms with Gasteiger partial charge in [0.15, 0.2) is 5.75 Å². The first-order valence-electron chi connectivity index (χ1n) is 5.74. The molecule has 0 amide bonds. The summed E-state index contributed by atoms with van der Waals surface area (Å²) in [5.41, 5.74) is 6.06. The minimum absolute atomic E-state index is 0.0660. The highest BCUT2D eigenvalue weighted by molar-refractivity contribution is 5.59. The second-order valence-electron chi connectivity index (χ2n) is 4.86. The van der Waals surface area contributed by atoms with Crippen LogP contribution in [0.15, 0.2) is 12.1 Å². The summed E-state index contributed by atoms with van der Waals surface area (Å²) < 4.78 is 10.7. The second kappa shape index (κ2) is 4.45. The van der Waals surface area contributed by atoms with E-state index in [1.165, 1.54) is 6.07 Å². The highest BCUT2D eigenvalue weighted by Gasteiger charge is 2.29. The van der Waals surface area contributed by atoms with E-state index in [1.807, 2.05) is 13.8 Å². The van der Waals surface area contributed by atoms with Gasteiger partial charge in [0.25, 0.3) is 0 Å². The maximum absolute atomic E-state index is 11.1. The van der Waals surface area contributed by atoms with Crippen molar-refractivity contribution in [1.82, 2.24) is 0 Å². The van der Waals surface area contributed by atoms with Gasteiger partial charge >= 0.3 is 5.69 Å². The summed E-state index contributed by atoms with van der Waals surface area (Å²) in [5.74, 6) is 0.634. The van der Waals surface area contributed by atoms with Gasteiger partial charge in [-0.1, -0.05) is 13.8 Å². The molecule has 2 rings (SSSR count). The van der Waals surface area contributed by atoms with E-state index in [-0.39, 0.29) is 16.9 Å². The number of ether oxygens (including phenoxy) is 2. The molecule has 0 saturated carbocycles. The van der Waals surface area contributed by atoms with Crippen molar-refractivity contribution in [3.8, 4) is 11.5 Å². The summed E-state index contributed by atoms with van der Waals surface area (Å²) >= 11 is 0. The number of rotatable bonds is 3. The van der Waals surface area contributed by atoms with Crippen LogP contribution < -0.4 is 15.2 Å². The standard InChI is InChI=1S/C12H16N2O4/c1-12(2,7-13)8-5-9(14(15)16)11-10(6-8)17-3-4-18-11/h5-6H,3-4,7,13H2,1-2H3. The topological polar surface area (TPSA) is 87.6 Å². The largest absolute Gasteiger partial charge is 0.486 e. The Morgan fingerprint density at radius 3 is 2.67 bits per heavy atom. The molecule has 0 aromatic heterocycles. The Kier molecular flexibility index (Phi) is 3.13. The Morgan fingerprint density at radius 2 is 2.06 bits per heavy atom. The van der Waals surface area contributed by atoms with Crippen LogP contribution >= 0.6 is 0 Å². The summed E-state index contributed by atoms with van der Waals surface area (Å²) in [6, 6.07) is 3.29. The molecule has 1 aliphatic rings. The van der Waals surface area contributed by atoms with Crippen molar-refractivity contribution in [3.63, 3.8) is 0 Å².